The third-order valence-electron chi connectivity index (χ3n) is 5.56. The number of alkyl halides is 4. The van der Waals surface area contributed by atoms with Crippen molar-refractivity contribution >= 4 is 82.0 Å². The monoisotopic (exact) mass is 608 g/mol. The smallest absolute Gasteiger partial charge is 0.245 e. The van der Waals surface area contributed by atoms with Crippen LogP contribution in [0.5, 0.6) is 0 Å². The van der Waals surface area contributed by atoms with Gasteiger partial charge in [-0.3, -0.25) is 5.43 Å². The number of anilines is 4. The lowest BCUT2D eigenvalue weighted by atomic mass is 10.2. The van der Waals surface area contributed by atoms with Crippen LogP contribution in [0.3, 0.4) is 0 Å². The number of halogens is 4. The number of aryl methyl sites for hydroxylation is 1. The van der Waals surface area contributed by atoms with E-state index in [2.05, 4.69) is 40.8 Å². The molecule has 0 aliphatic carbocycles. The molecule has 0 fully saturated rings. The van der Waals surface area contributed by atoms with E-state index >= 15 is 0 Å². The highest BCUT2D eigenvalue weighted by Gasteiger charge is 2.06. The lowest BCUT2D eigenvalue weighted by Gasteiger charge is -2.22. The van der Waals surface area contributed by atoms with Crippen molar-refractivity contribution < 1.29 is 0 Å². The average molecular weight is 610 g/mol. The number of hydrazone groups is 2. The molecule has 0 radical (unpaired) electrons. The Hall–Kier alpha value is -2.78. The van der Waals surface area contributed by atoms with Crippen molar-refractivity contribution in [3.05, 3.63) is 71.4 Å². The van der Waals surface area contributed by atoms with E-state index in [1.165, 1.54) is 0 Å². The number of nitrogens with one attached hydrogen (secondary N) is 2. The van der Waals surface area contributed by atoms with E-state index in [9.17, 15) is 0 Å². The molecule has 3 rings (SSSR count). The first-order chi connectivity index (χ1) is 19.1. The van der Waals surface area contributed by atoms with Crippen molar-refractivity contribution in [1.82, 2.24) is 9.97 Å². The van der Waals surface area contributed by atoms with Crippen molar-refractivity contribution in [3.63, 3.8) is 0 Å². The number of nitrogens with zero attached hydrogens (tertiary/aromatic N) is 6. The van der Waals surface area contributed by atoms with Gasteiger partial charge in [-0.15, -0.1) is 46.4 Å². The van der Waals surface area contributed by atoms with Crippen molar-refractivity contribution in [2.24, 2.45) is 10.2 Å². The Balaban J connectivity index is 1.57. The van der Waals surface area contributed by atoms with Crippen LogP contribution >= 0.6 is 46.4 Å². The fourth-order valence-corrected chi connectivity index (χ4v) is 4.52. The van der Waals surface area contributed by atoms with Crippen LogP contribution in [0.15, 0.2) is 64.8 Å². The topological polar surface area (TPSA) is 81.0 Å². The molecule has 12 heteroatoms. The van der Waals surface area contributed by atoms with Gasteiger partial charge >= 0.3 is 0 Å². The van der Waals surface area contributed by atoms with Crippen LogP contribution in [0.2, 0.25) is 0 Å². The van der Waals surface area contributed by atoms with E-state index in [4.69, 9.17) is 46.4 Å². The first-order valence-corrected chi connectivity index (χ1v) is 14.6. The van der Waals surface area contributed by atoms with Crippen LogP contribution in [-0.2, 0) is 0 Å². The number of benzene rings is 2. The van der Waals surface area contributed by atoms with Gasteiger partial charge in [0.15, 0.2) is 5.82 Å². The molecular weight excluding hydrogens is 578 g/mol. The molecular formula is C27H32Cl4N8. The Morgan fingerprint density at radius 2 is 1.10 bits per heavy atom. The van der Waals surface area contributed by atoms with E-state index in [0.717, 1.165) is 54.4 Å². The summed E-state index contributed by atoms with van der Waals surface area (Å²) >= 11 is 23.6. The molecule has 3 aromatic rings. The van der Waals surface area contributed by atoms with Crippen molar-refractivity contribution in [2.45, 2.75) is 6.92 Å². The third kappa shape index (κ3) is 10.4. The predicted octanol–water partition coefficient (Wildman–Crippen LogP) is 6.25. The van der Waals surface area contributed by atoms with E-state index in [1.54, 1.807) is 18.5 Å². The largest absolute Gasteiger partial charge is 0.369 e. The Labute approximate surface area is 250 Å². The second-order valence-electron chi connectivity index (χ2n) is 8.37. The normalized spacial score (nSPS) is 11.3. The quantitative estimate of drug-likeness (QED) is 0.114. The number of aromatic nitrogens is 2. The number of hydrogen-bond acceptors (Lipinski definition) is 8. The van der Waals surface area contributed by atoms with Crippen molar-refractivity contribution in [2.75, 3.05) is 70.4 Å². The molecule has 0 amide bonds. The van der Waals surface area contributed by atoms with Gasteiger partial charge in [-0.2, -0.15) is 15.2 Å². The number of rotatable bonds is 16. The van der Waals surface area contributed by atoms with Gasteiger partial charge in [0.1, 0.15) is 0 Å². The second-order valence-corrected chi connectivity index (χ2v) is 9.88. The third-order valence-corrected chi connectivity index (χ3v) is 6.24. The summed E-state index contributed by atoms with van der Waals surface area (Å²) in [5, 5.41) is 8.59. The molecule has 39 heavy (non-hydrogen) atoms. The summed E-state index contributed by atoms with van der Waals surface area (Å²) < 4.78 is 0. The maximum Gasteiger partial charge on any atom is 0.245 e. The Bertz CT molecular complexity index is 1090. The minimum atomic E-state index is 0.360. The molecule has 0 saturated carbocycles. The van der Waals surface area contributed by atoms with Crippen LogP contribution in [0.25, 0.3) is 0 Å². The highest BCUT2D eigenvalue weighted by Crippen LogP contribution is 2.17. The summed E-state index contributed by atoms with van der Waals surface area (Å²) in [7, 11) is 0. The van der Waals surface area contributed by atoms with Crippen LogP contribution in [0.4, 0.5) is 23.1 Å². The number of hydrogen-bond donors (Lipinski definition) is 2. The molecule has 2 aromatic carbocycles. The van der Waals surface area contributed by atoms with Crippen LogP contribution < -0.4 is 20.7 Å². The molecule has 0 unspecified atom stereocenters. The maximum absolute atomic E-state index is 5.91. The first-order valence-electron chi connectivity index (χ1n) is 12.4. The summed E-state index contributed by atoms with van der Waals surface area (Å²) in [5.74, 6) is 3.08. The standard InChI is InChI=1S/C27H32Cl4N8/c1-21-18-26(36-32-19-22-2-6-24(7-3-22)38(14-10-28)15-11-29)35-27(34-21)37-33-20-23-4-8-25(9-5-23)39(16-12-30)17-13-31/h2-9,18-20H,10-17H2,1H3,(H2,34,35,36,37)/b32-19-,33-20-. The summed E-state index contributed by atoms with van der Waals surface area (Å²) in [6.45, 7) is 4.84. The molecule has 208 valence electrons. The summed E-state index contributed by atoms with van der Waals surface area (Å²) in [4.78, 5) is 13.1. The molecule has 1 aromatic heterocycles. The molecule has 1 heterocycles. The van der Waals surface area contributed by atoms with Gasteiger partial charge in [0.2, 0.25) is 5.95 Å². The van der Waals surface area contributed by atoms with Crippen LogP contribution in [0, 0.1) is 6.92 Å². The van der Waals surface area contributed by atoms with Gasteiger partial charge in [0, 0.05) is 72.8 Å². The molecule has 0 aliphatic rings. The highest BCUT2D eigenvalue weighted by atomic mass is 35.5. The lowest BCUT2D eigenvalue weighted by molar-refractivity contribution is 0.874. The molecule has 8 nitrogen and oxygen atoms in total. The second kappa shape index (κ2) is 17.0. The predicted molar refractivity (Wildman–Crippen MR) is 169 cm³/mol. The van der Waals surface area contributed by atoms with Gasteiger partial charge < -0.3 is 9.80 Å². The Morgan fingerprint density at radius 3 is 1.54 bits per heavy atom. The van der Waals surface area contributed by atoms with Gasteiger partial charge in [-0.25, -0.2) is 10.4 Å². The first kappa shape index (κ1) is 30.8. The summed E-state index contributed by atoms with van der Waals surface area (Å²) in [5.41, 5.74) is 10.6. The molecule has 0 saturated heterocycles. The zero-order valence-corrected chi connectivity index (χ0v) is 24.7. The van der Waals surface area contributed by atoms with Gasteiger partial charge in [-0.05, 0) is 42.3 Å². The molecule has 2 N–H and O–H groups in total. The molecule has 0 bridgehead atoms. The van der Waals surface area contributed by atoms with E-state index < -0.39 is 0 Å². The van der Waals surface area contributed by atoms with E-state index in [0.29, 0.717) is 35.3 Å². The van der Waals surface area contributed by atoms with Crippen molar-refractivity contribution in [1.29, 1.82) is 0 Å². The minimum absolute atomic E-state index is 0.360. The van der Waals surface area contributed by atoms with Crippen molar-refractivity contribution in [3.8, 4) is 0 Å². The Morgan fingerprint density at radius 1 is 0.667 bits per heavy atom. The molecule has 0 aliphatic heterocycles. The maximum atomic E-state index is 5.91. The van der Waals surface area contributed by atoms with E-state index in [-0.39, 0.29) is 0 Å². The molecule has 0 spiro atoms. The summed E-state index contributed by atoms with van der Waals surface area (Å²) in [6, 6.07) is 17.8. The Kier molecular flexibility index (Phi) is 13.4. The fraction of sp³-hybridized carbons (Fsp3) is 0.333. The zero-order chi connectivity index (χ0) is 27.9. The molecule has 0 atom stereocenters. The summed E-state index contributed by atoms with van der Waals surface area (Å²) in [6.07, 6.45) is 3.43. The minimum Gasteiger partial charge on any atom is -0.369 e. The highest BCUT2D eigenvalue weighted by molar-refractivity contribution is 6.19. The van der Waals surface area contributed by atoms with Crippen LogP contribution in [-0.4, -0.2) is 72.1 Å². The van der Waals surface area contributed by atoms with Crippen LogP contribution in [0.1, 0.15) is 16.8 Å². The SMILES string of the molecule is Cc1cc(N/N=C\c2ccc(N(CCCl)CCCl)cc2)nc(N/N=C\c2ccc(N(CCCl)CCCl)cc2)n1. The zero-order valence-electron chi connectivity index (χ0n) is 21.7. The van der Waals surface area contributed by atoms with E-state index in [1.807, 2.05) is 55.5 Å². The van der Waals surface area contributed by atoms with Gasteiger partial charge in [0.05, 0.1) is 12.4 Å². The lowest BCUT2D eigenvalue weighted by Crippen LogP contribution is -2.27. The average Bonchev–Trinajstić information content (AvgIpc) is 2.93. The van der Waals surface area contributed by atoms with Gasteiger partial charge in [0.25, 0.3) is 0 Å². The fourth-order valence-electron chi connectivity index (χ4n) is 3.70. The van der Waals surface area contributed by atoms with Gasteiger partial charge in [-0.1, -0.05) is 24.3 Å².